The first-order chi connectivity index (χ1) is 9.83. The summed E-state index contributed by atoms with van der Waals surface area (Å²) in [6.07, 6.45) is 7.36. The molecule has 1 fully saturated rings. The molecule has 0 bridgehead atoms. The van der Waals surface area contributed by atoms with Gasteiger partial charge < -0.3 is 5.32 Å². The van der Waals surface area contributed by atoms with Crippen LogP contribution < -0.4 is 5.32 Å². The van der Waals surface area contributed by atoms with E-state index in [1.54, 1.807) is 11.3 Å². The molecule has 3 heterocycles. The van der Waals surface area contributed by atoms with Crippen LogP contribution in [-0.4, -0.2) is 15.7 Å². The molecule has 0 radical (unpaired) electrons. The number of hydrogen-bond acceptors (Lipinski definition) is 3. The highest BCUT2D eigenvalue weighted by atomic mass is 32.1. The number of nitrogens with zero attached hydrogens (tertiary/aromatic N) is 2. The van der Waals surface area contributed by atoms with Gasteiger partial charge in [-0.3, -0.25) is 4.79 Å². The predicted molar refractivity (Wildman–Crippen MR) is 79.1 cm³/mol. The number of carbonyl (C=O) groups is 1. The number of hydrogen-bond donors (Lipinski definition) is 1. The SMILES string of the molecule is O=C1C[C@H](c2ccsc2)c2cnn(C3CCCC3)c2N1. The Bertz CT molecular complexity index is 626. The second kappa shape index (κ2) is 4.74. The Hall–Kier alpha value is -1.62. The second-order valence-electron chi connectivity index (χ2n) is 5.69. The number of nitrogens with one attached hydrogen (secondary N) is 1. The first-order valence-electron chi connectivity index (χ1n) is 7.22. The largest absolute Gasteiger partial charge is 0.311 e. The molecule has 0 spiro atoms. The first-order valence-corrected chi connectivity index (χ1v) is 8.16. The number of fused-ring (bicyclic) bond motifs is 1. The molecule has 1 aliphatic heterocycles. The highest BCUT2D eigenvalue weighted by Crippen LogP contribution is 2.41. The average Bonchev–Trinajstić information content (AvgIpc) is 3.18. The van der Waals surface area contributed by atoms with Crippen molar-refractivity contribution < 1.29 is 4.79 Å². The molecule has 1 amide bonds. The quantitative estimate of drug-likeness (QED) is 0.918. The fourth-order valence-electron chi connectivity index (χ4n) is 3.43. The van der Waals surface area contributed by atoms with Gasteiger partial charge in [-0.2, -0.15) is 16.4 Å². The van der Waals surface area contributed by atoms with Crippen molar-refractivity contribution in [1.29, 1.82) is 0 Å². The van der Waals surface area contributed by atoms with Crippen LogP contribution in [0.25, 0.3) is 0 Å². The molecule has 1 saturated carbocycles. The van der Waals surface area contributed by atoms with Gasteiger partial charge in [0.05, 0.1) is 12.2 Å². The van der Waals surface area contributed by atoms with Gasteiger partial charge in [0.25, 0.3) is 0 Å². The van der Waals surface area contributed by atoms with Gasteiger partial charge in [-0.1, -0.05) is 12.8 Å². The molecule has 4 rings (SSSR count). The molecule has 0 saturated heterocycles. The van der Waals surface area contributed by atoms with Crippen LogP contribution in [0.4, 0.5) is 5.82 Å². The fraction of sp³-hybridized carbons (Fsp3) is 0.467. The highest BCUT2D eigenvalue weighted by molar-refractivity contribution is 7.08. The van der Waals surface area contributed by atoms with Gasteiger partial charge in [0, 0.05) is 17.9 Å². The van der Waals surface area contributed by atoms with E-state index in [9.17, 15) is 4.79 Å². The van der Waals surface area contributed by atoms with E-state index in [0.29, 0.717) is 12.5 Å². The van der Waals surface area contributed by atoms with E-state index >= 15 is 0 Å². The van der Waals surface area contributed by atoms with E-state index in [0.717, 1.165) is 5.82 Å². The molecular formula is C15H17N3OS. The van der Waals surface area contributed by atoms with Crippen LogP contribution in [0, 0.1) is 0 Å². The molecule has 0 aromatic carbocycles. The molecule has 5 heteroatoms. The van der Waals surface area contributed by atoms with E-state index in [1.807, 2.05) is 6.20 Å². The maximum atomic E-state index is 12.0. The van der Waals surface area contributed by atoms with E-state index < -0.39 is 0 Å². The summed E-state index contributed by atoms with van der Waals surface area (Å²) in [7, 11) is 0. The Morgan fingerprint density at radius 2 is 2.20 bits per heavy atom. The van der Waals surface area contributed by atoms with Gasteiger partial charge in [-0.05, 0) is 35.2 Å². The van der Waals surface area contributed by atoms with Crippen LogP contribution in [-0.2, 0) is 4.79 Å². The minimum atomic E-state index is 0.105. The third kappa shape index (κ3) is 1.88. The Morgan fingerprint density at radius 1 is 1.35 bits per heavy atom. The van der Waals surface area contributed by atoms with Crippen molar-refractivity contribution >= 4 is 23.1 Å². The summed E-state index contributed by atoms with van der Waals surface area (Å²) in [6.45, 7) is 0. The van der Waals surface area contributed by atoms with Crippen LogP contribution in [0.15, 0.2) is 23.0 Å². The normalized spacial score (nSPS) is 22.8. The number of rotatable bonds is 2. The average molecular weight is 287 g/mol. The Kier molecular flexibility index (Phi) is 2.88. The smallest absolute Gasteiger partial charge is 0.226 e. The molecule has 2 aromatic heterocycles. The van der Waals surface area contributed by atoms with Crippen molar-refractivity contribution in [2.24, 2.45) is 0 Å². The van der Waals surface area contributed by atoms with E-state index in [1.165, 1.54) is 36.8 Å². The van der Waals surface area contributed by atoms with Crippen molar-refractivity contribution in [3.05, 3.63) is 34.2 Å². The van der Waals surface area contributed by atoms with Gasteiger partial charge in [0.15, 0.2) is 0 Å². The fourth-order valence-corrected chi connectivity index (χ4v) is 4.15. The standard InChI is InChI=1S/C15H17N3OS/c19-14-7-12(10-5-6-20-9-10)13-8-16-18(15(13)17-14)11-3-1-2-4-11/h5-6,8-9,11-12H,1-4,7H2,(H,17,19)/t12-/m1/s1. The molecule has 1 atom stereocenters. The first kappa shape index (κ1) is 12.1. The maximum absolute atomic E-state index is 12.0. The Balaban J connectivity index is 1.76. The van der Waals surface area contributed by atoms with Gasteiger partial charge >= 0.3 is 0 Å². The van der Waals surface area contributed by atoms with Crippen LogP contribution in [0.2, 0.25) is 0 Å². The summed E-state index contributed by atoms with van der Waals surface area (Å²) in [4.78, 5) is 12.0. The van der Waals surface area contributed by atoms with Crippen LogP contribution >= 0.6 is 11.3 Å². The zero-order valence-corrected chi connectivity index (χ0v) is 12.0. The summed E-state index contributed by atoms with van der Waals surface area (Å²) in [5.41, 5.74) is 2.41. The lowest BCUT2D eigenvalue weighted by atomic mass is 9.89. The molecule has 2 aromatic rings. The zero-order chi connectivity index (χ0) is 13.5. The second-order valence-corrected chi connectivity index (χ2v) is 6.47. The van der Waals surface area contributed by atoms with Crippen molar-refractivity contribution in [2.75, 3.05) is 5.32 Å². The minimum Gasteiger partial charge on any atom is -0.311 e. The molecular weight excluding hydrogens is 270 g/mol. The van der Waals surface area contributed by atoms with E-state index in [4.69, 9.17) is 0 Å². The topological polar surface area (TPSA) is 46.9 Å². The molecule has 2 aliphatic rings. The number of aromatic nitrogens is 2. The lowest BCUT2D eigenvalue weighted by molar-refractivity contribution is -0.116. The van der Waals surface area contributed by atoms with Gasteiger partial charge in [0.2, 0.25) is 5.91 Å². The lowest BCUT2D eigenvalue weighted by Crippen LogP contribution is -2.25. The summed E-state index contributed by atoms with van der Waals surface area (Å²) < 4.78 is 2.05. The summed E-state index contributed by atoms with van der Waals surface area (Å²) >= 11 is 1.68. The van der Waals surface area contributed by atoms with Crippen molar-refractivity contribution in [2.45, 2.75) is 44.1 Å². The molecule has 20 heavy (non-hydrogen) atoms. The molecule has 4 nitrogen and oxygen atoms in total. The third-order valence-electron chi connectivity index (χ3n) is 4.46. The molecule has 1 aliphatic carbocycles. The number of thiophene rings is 1. The molecule has 104 valence electrons. The number of carbonyl (C=O) groups excluding carboxylic acids is 1. The maximum Gasteiger partial charge on any atom is 0.226 e. The van der Waals surface area contributed by atoms with Gasteiger partial charge in [0.1, 0.15) is 5.82 Å². The Labute approximate surface area is 121 Å². The predicted octanol–water partition coefficient (Wildman–Crippen LogP) is 3.53. The highest BCUT2D eigenvalue weighted by Gasteiger charge is 2.32. The third-order valence-corrected chi connectivity index (χ3v) is 5.16. The summed E-state index contributed by atoms with van der Waals surface area (Å²) in [5, 5.41) is 11.8. The van der Waals surface area contributed by atoms with Gasteiger partial charge in [-0.25, -0.2) is 4.68 Å². The molecule has 0 unspecified atom stereocenters. The number of amides is 1. The van der Waals surface area contributed by atoms with Crippen molar-refractivity contribution in [1.82, 2.24) is 9.78 Å². The van der Waals surface area contributed by atoms with Crippen molar-refractivity contribution in [3.63, 3.8) is 0 Å². The monoisotopic (exact) mass is 287 g/mol. The van der Waals surface area contributed by atoms with E-state index in [-0.39, 0.29) is 11.8 Å². The van der Waals surface area contributed by atoms with Gasteiger partial charge in [-0.15, -0.1) is 0 Å². The van der Waals surface area contributed by atoms with Crippen LogP contribution in [0.1, 0.15) is 55.2 Å². The van der Waals surface area contributed by atoms with Crippen LogP contribution in [0.3, 0.4) is 0 Å². The van der Waals surface area contributed by atoms with E-state index in [2.05, 4.69) is 31.9 Å². The zero-order valence-electron chi connectivity index (χ0n) is 11.2. The van der Waals surface area contributed by atoms with Crippen LogP contribution in [0.5, 0.6) is 0 Å². The molecule has 1 N–H and O–H groups in total. The minimum absolute atomic E-state index is 0.105. The number of anilines is 1. The summed E-state index contributed by atoms with van der Waals surface area (Å²) in [5.74, 6) is 1.21. The Morgan fingerprint density at radius 3 is 2.95 bits per heavy atom. The van der Waals surface area contributed by atoms with Crippen molar-refractivity contribution in [3.8, 4) is 0 Å². The summed E-state index contributed by atoms with van der Waals surface area (Å²) in [6, 6.07) is 2.57. The lowest BCUT2D eigenvalue weighted by Gasteiger charge is -2.24.